The zero-order chi connectivity index (χ0) is 14.8. The predicted octanol–water partition coefficient (Wildman–Crippen LogP) is 3.20. The van der Waals surface area contributed by atoms with Gasteiger partial charge in [0.25, 0.3) is 0 Å². The van der Waals surface area contributed by atoms with Gasteiger partial charge in [-0.2, -0.15) is 5.10 Å². The Morgan fingerprint density at radius 2 is 1.71 bits per heavy atom. The van der Waals surface area contributed by atoms with Crippen LogP contribution in [0.15, 0.2) is 60.9 Å². The molecule has 3 aromatic rings. The second-order valence-corrected chi connectivity index (χ2v) is 4.71. The number of para-hydroxylation sites is 1. The predicted molar refractivity (Wildman–Crippen MR) is 76.0 cm³/mol. The third-order valence-electron chi connectivity index (χ3n) is 3.29. The molecule has 2 N–H and O–H groups in total. The summed E-state index contributed by atoms with van der Waals surface area (Å²) in [4.78, 5) is 0. The molecular weight excluding hydrogens is 272 g/mol. The molecule has 2 aromatic carbocycles. The molecule has 1 atom stereocenters. The van der Waals surface area contributed by atoms with Crippen LogP contribution in [0, 0.1) is 11.6 Å². The highest BCUT2D eigenvalue weighted by atomic mass is 19.2. The summed E-state index contributed by atoms with van der Waals surface area (Å²) in [5, 5.41) is 4.24. The minimum Gasteiger partial charge on any atom is -0.320 e. The maximum atomic E-state index is 13.3. The van der Waals surface area contributed by atoms with Crippen LogP contribution in [0.1, 0.15) is 17.2 Å². The molecule has 3 nitrogen and oxygen atoms in total. The fourth-order valence-electron chi connectivity index (χ4n) is 2.12. The average Bonchev–Trinajstić information content (AvgIpc) is 3.00. The van der Waals surface area contributed by atoms with Gasteiger partial charge in [0.2, 0.25) is 0 Å². The largest absolute Gasteiger partial charge is 0.320 e. The fraction of sp³-hybridized carbons (Fsp3) is 0.0625. The van der Waals surface area contributed by atoms with Gasteiger partial charge in [0.15, 0.2) is 11.6 Å². The molecule has 0 saturated heterocycles. The van der Waals surface area contributed by atoms with Crippen LogP contribution in [-0.4, -0.2) is 9.78 Å². The van der Waals surface area contributed by atoms with Crippen molar-refractivity contribution in [3.05, 3.63) is 83.7 Å². The zero-order valence-electron chi connectivity index (χ0n) is 11.1. The van der Waals surface area contributed by atoms with Gasteiger partial charge in [-0.05, 0) is 29.8 Å². The van der Waals surface area contributed by atoms with E-state index >= 15 is 0 Å². The van der Waals surface area contributed by atoms with Gasteiger partial charge in [0.05, 0.1) is 17.9 Å². The molecule has 5 heteroatoms. The van der Waals surface area contributed by atoms with E-state index in [-0.39, 0.29) is 0 Å². The Labute approximate surface area is 120 Å². The molecule has 0 aliphatic rings. The molecule has 1 heterocycles. The Bertz CT molecular complexity index is 753. The monoisotopic (exact) mass is 285 g/mol. The van der Waals surface area contributed by atoms with Gasteiger partial charge in [-0.1, -0.05) is 24.3 Å². The van der Waals surface area contributed by atoms with Gasteiger partial charge in [-0.3, -0.25) is 0 Å². The van der Waals surface area contributed by atoms with Gasteiger partial charge >= 0.3 is 0 Å². The molecule has 106 valence electrons. The molecule has 0 saturated carbocycles. The molecule has 1 aromatic heterocycles. The molecule has 0 aliphatic heterocycles. The van der Waals surface area contributed by atoms with Gasteiger partial charge < -0.3 is 5.73 Å². The van der Waals surface area contributed by atoms with Gasteiger partial charge in [0, 0.05) is 11.8 Å². The van der Waals surface area contributed by atoms with E-state index in [0.717, 1.165) is 23.4 Å². The van der Waals surface area contributed by atoms with E-state index in [0.29, 0.717) is 5.56 Å². The van der Waals surface area contributed by atoms with E-state index in [2.05, 4.69) is 5.10 Å². The minimum absolute atomic E-state index is 0.501. The van der Waals surface area contributed by atoms with Crippen molar-refractivity contribution in [1.82, 2.24) is 9.78 Å². The number of hydrogen-bond donors (Lipinski definition) is 1. The minimum atomic E-state index is -0.904. The number of nitrogens with two attached hydrogens (primary N) is 1. The Hall–Kier alpha value is -2.53. The molecule has 0 aliphatic carbocycles. The van der Waals surface area contributed by atoms with E-state index in [4.69, 9.17) is 5.73 Å². The highest BCUT2D eigenvalue weighted by molar-refractivity contribution is 5.34. The number of nitrogens with zero attached hydrogens (tertiary/aromatic N) is 2. The molecule has 0 bridgehead atoms. The van der Waals surface area contributed by atoms with Crippen LogP contribution in [0.5, 0.6) is 0 Å². The molecule has 0 radical (unpaired) electrons. The van der Waals surface area contributed by atoms with E-state index < -0.39 is 17.7 Å². The van der Waals surface area contributed by atoms with Gasteiger partial charge in [-0.15, -0.1) is 0 Å². The first-order valence-corrected chi connectivity index (χ1v) is 6.45. The molecule has 0 spiro atoms. The highest BCUT2D eigenvalue weighted by Crippen LogP contribution is 2.21. The summed E-state index contributed by atoms with van der Waals surface area (Å²) < 4.78 is 27.9. The second kappa shape index (κ2) is 5.46. The number of halogens is 2. The summed E-state index contributed by atoms with van der Waals surface area (Å²) in [6.45, 7) is 0. The first kappa shape index (κ1) is 13.5. The van der Waals surface area contributed by atoms with Crippen molar-refractivity contribution in [2.24, 2.45) is 5.73 Å². The number of aromatic nitrogens is 2. The van der Waals surface area contributed by atoms with Crippen molar-refractivity contribution in [2.45, 2.75) is 6.04 Å². The Morgan fingerprint density at radius 3 is 2.43 bits per heavy atom. The van der Waals surface area contributed by atoms with E-state index in [9.17, 15) is 8.78 Å². The third-order valence-corrected chi connectivity index (χ3v) is 3.29. The first-order chi connectivity index (χ1) is 10.1. The van der Waals surface area contributed by atoms with E-state index in [1.165, 1.54) is 6.07 Å². The lowest BCUT2D eigenvalue weighted by Crippen LogP contribution is -2.11. The van der Waals surface area contributed by atoms with Crippen molar-refractivity contribution >= 4 is 0 Å². The normalized spacial score (nSPS) is 12.3. The zero-order valence-corrected chi connectivity index (χ0v) is 11.1. The van der Waals surface area contributed by atoms with Crippen molar-refractivity contribution in [1.29, 1.82) is 0 Å². The average molecular weight is 285 g/mol. The second-order valence-electron chi connectivity index (χ2n) is 4.71. The summed E-state index contributed by atoms with van der Waals surface area (Å²) >= 11 is 0. The van der Waals surface area contributed by atoms with Crippen molar-refractivity contribution in [3.8, 4) is 5.69 Å². The molecule has 0 amide bonds. The Morgan fingerprint density at radius 1 is 0.952 bits per heavy atom. The van der Waals surface area contributed by atoms with Crippen LogP contribution in [-0.2, 0) is 0 Å². The third kappa shape index (κ3) is 2.68. The lowest BCUT2D eigenvalue weighted by Gasteiger charge is -2.10. The molecule has 3 rings (SSSR count). The quantitative estimate of drug-likeness (QED) is 0.803. The van der Waals surface area contributed by atoms with Gasteiger partial charge in [-0.25, -0.2) is 13.5 Å². The summed E-state index contributed by atoms with van der Waals surface area (Å²) in [6, 6.07) is 12.7. The molecule has 0 fully saturated rings. The Balaban J connectivity index is 1.90. The summed E-state index contributed by atoms with van der Waals surface area (Å²) in [5.74, 6) is -1.79. The Kier molecular flexibility index (Phi) is 3.50. The maximum Gasteiger partial charge on any atom is 0.159 e. The molecule has 1 unspecified atom stereocenters. The molecular formula is C16H13F2N3. The van der Waals surface area contributed by atoms with Crippen LogP contribution in [0.2, 0.25) is 0 Å². The number of benzene rings is 2. The number of hydrogen-bond acceptors (Lipinski definition) is 2. The van der Waals surface area contributed by atoms with Crippen molar-refractivity contribution < 1.29 is 8.78 Å². The topological polar surface area (TPSA) is 43.8 Å². The maximum absolute atomic E-state index is 13.3. The first-order valence-electron chi connectivity index (χ1n) is 6.45. The summed E-state index contributed by atoms with van der Waals surface area (Å²) in [5.41, 5.74) is 8.22. The summed E-state index contributed by atoms with van der Waals surface area (Å²) in [6.07, 6.45) is 3.40. The summed E-state index contributed by atoms with van der Waals surface area (Å²) in [7, 11) is 0. The number of rotatable bonds is 3. The standard InChI is InChI=1S/C16H13F2N3/c17-14-7-6-11(8-15(14)18)16(19)12-9-20-21(10-12)13-4-2-1-3-5-13/h1-10,16H,19H2. The van der Waals surface area contributed by atoms with E-state index in [1.54, 1.807) is 17.1 Å². The van der Waals surface area contributed by atoms with Crippen LogP contribution in [0.25, 0.3) is 5.69 Å². The lowest BCUT2D eigenvalue weighted by atomic mass is 10.0. The van der Waals surface area contributed by atoms with Crippen molar-refractivity contribution in [2.75, 3.05) is 0 Å². The fourth-order valence-corrected chi connectivity index (χ4v) is 2.12. The van der Waals surface area contributed by atoms with Crippen LogP contribution in [0.3, 0.4) is 0 Å². The molecule has 21 heavy (non-hydrogen) atoms. The van der Waals surface area contributed by atoms with Gasteiger partial charge in [0.1, 0.15) is 0 Å². The van der Waals surface area contributed by atoms with E-state index in [1.807, 2.05) is 30.3 Å². The SMILES string of the molecule is NC(c1ccc(F)c(F)c1)c1cnn(-c2ccccc2)c1. The lowest BCUT2D eigenvalue weighted by molar-refractivity contribution is 0.506. The van der Waals surface area contributed by atoms with Crippen LogP contribution in [0.4, 0.5) is 8.78 Å². The highest BCUT2D eigenvalue weighted by Gasteiger charge is 2.14. The van der Waals surface area contributed by atoms with Crippen LogP contribution >= 0.6 is 0 Å². The smallest absolute Gasteiger partial charge is 0.159 e. The van der Waals surface area contributed by atoms with Crippen molar-refractivity contribution in [3.63, 3.8) is 0 Å². The van der Waals surface area contributed by atoms with Crippen LogP contribution < -0.4 is 5.73 Å².